The summed E-state index contributed by atoms with van der Waals surface area (Å²) in [6.07, 6.45) is 0.939. The van der Waals surface area contributed by atoms with Gasteiger partial charge in [-0.1, -0.05) is 13.8 Å². The molecule has 0 aliphatic rings. The van der Waals surface area contributed by atoms with Crippen molar-refractivity contribution in [2.24, 2.45) is 5.41 Å². The highest BCUT2D eigenvalue weighted by Crippen LogP contribution is 2.18. The van der Waals surface area contributed by atoms with Gasteiger partial charge in [0.05, 0.1) is 24.9 Å². The molecule has 0 amide bonds. The SMILES string of the molecule is CC.CCOC(=O)C(C)(C)COS(C)(=O)=O. The van der Waals surface area contributed by atoms with Crippen LogP contribution < -0.4 is 0 Å². The Labute approximate surface area is 98.3 Å². The van der Waals surface area contributed by atoms with Gasteiger partial charge < -0.3 is 4.74 Å². The largest absolute Gasteiger partial charge is 0.466 e. The van der Waals surface area contributed by atoms with E-state index in [2.05, 4.69) is 4.18 Å². The van der Waals surface area contributed by atoms with Crippen LogP contribution in [0.4, 0.5) is 0 Å². The topological polar surface area (TPSA) is 69.7 Å². The van der Waals surface area contributed by atoms with Crippen LogP contribution in [0.1, 0.15) is 34.6 Å². The van der Waals surface area contributed by atoms with Crippen LogP contribution in [0.15, 0.2) is 0 Å². The normalized spacial score (nSPS) is 11.4. The van der Waals surface area contributed by atoms with Crippen molar-refractivity contribution in [1.29, 1.82) is 0 Å². The molecule has 0 heterocycles. The van der Waals surface area contributed by atoms with Gasteiger partial charge in [-0.15, -0.1) is 0 Å². The molecule has 0 saturated carbocycles. The molecule has 5 nitrogen and oxygen atoms in total. The molecular formula is C10H22O5S. The second-order valence-electron chi connectivity index (χ2n) is 3.57. The van der Waals surface area contributed by atoms with Gasteiger partial charge in [0.1, 0.15) is 0 Å². The van der Waals surface area contributed by atoms with Crippen molar-refractivity contribution in [3.05, 3.63) is 0 Å². The number of carbonyl (C=O) groups is 1. The highest BCUT2D eigenvalue weighted by molar-refractivity contribution is 7.85. The average Bonchev–Trinajstić information content (AvgIpc) is 2.18. The summed E-state index contributed by atoms with van der Waals surface area (Å²) in [5, 5.41) is 0. The van der Waals surface area contributed by atoms with Crippen LogP contribution in [-0.2, 0) is 23.8 Å². The first kappa shape index (κ1) is 17.8. The summed E-state index contributed by atoms with van der Waals surface area (Å²) in [5.41, 5.74) is -0.945. The van der Waals surface area contributed by atoms with Gasteiger partial charge in [0, 0.05) is 0 Å². The van der Waals surface area contributed by atoms with Gasteiger partial charge in [-0.3, -0.25) is 8.98 Å². The van der Waals surface area contributed by atoms with E-state index in [0.717, 1.165) is 6.26 Å². The number of hydrogen-bond donors (Lipinski definition) is 0. The molecule has 0 N–H and O–H groups in total. The zero-order valence-electron chi connectivity index (χ0n) is 10.9. The average molecular weight is 254 g/mol. The zero-order valence-corrected chi connectivity index (χ0v) is 11.7. The zero-order chi connectivity index (χ0) is 13.4. The standard InChI is InChI=1S/C8H16O5S.C2H6/c1-5-12-7(9)8(2,3)6-13-14(4,10)11;1-2/h5-6H2,1-4H3;1-2H3. The van der Waals surface area contributed by atoms with Crippen molar-refractivity contribution in [2.45, 2.75) is 34.6 Å². The van der Waals surface area contributed by atoms with Crippen molar-refractivity contribution in [3.8, 4) is 0 Å². The lowest BCUT2D eigenvalue weighted by Gasteiger charge is -2.20. The van der Waals surface area contributed by atoms with Gasteiger partial charge in [0.2, 0.25) is 0 Å². The van der Waals surface area contributed by atoms with Crippen molar-refractivity contribution in [3.63, 3.8) is 0 Å². The first-order chi connectivity index (χ1) is 7.19. The van der Waals surface area contributed by atoms with Crippen molar-refractivity contribution >= 4 is 16.1 Å². The Morgan fingerprint density at radius 3 is 2.00 bits per heavy atom. The maximum Gasteiger partial charge on any atom is 0.313 e. The summed E-state index contributed by atoms with van der Waals surface area (Å²) in [6, 6.07) is 0. The third-order valence-electron chi connectivity index (χ3n) is 1.46. The molecule has 0 radical (unpaired) electrons. The highest BCUT2D eigenvalue weighted by Gasteiger charge is 2.30. The summed E-state index contributed by atoms with van der Waals surface area (Å²) in [7, 11) is -3.51. The molecule has 0 atom stereocenters. The Morgan fingerprint density at radius 1 is 1.25 bits per heavy atom. The lowest BCUT2D eigenvalue weighted by molar-refractivity contribution is -0.154. The molecule has 0 spiro atoms. The number of hydrogen-bond acceptors (Lipinski definition) is 5. The third-order valence-corrected chi connectivity index (χ3v) is 2.01. The van der Waals surface area contributed by atoms with E-state index in [-0.39, 0.29) is 13.2 Å². The molecule has 98 valence electrons. The smallest absolute Gasteiger partial charge is 0.313 e. The quantitative estimate of drug-likeness (QED) is 0.550. The molecule has 0 rings (SSSR count). The van der Waals surface area contributed by atoms with Crippen LogP contribution in [0, 0.1) is 5.41 Å². The predicted molar refractivity (Wildman–Crippen MR) is 62.6 cm³/mol. The van der Waals surface area contributed by atoms with E-state index in [4.69, 9.17) is 4.74 Å². The second-order valence-corrected chi connectivity index (χ2v) is 5.21. The van der Waals surface area contributed by atoms with E-state index in [1.54, 1.807) is 20.8 Å². The van der Waals surface area contributed by atoms with Crippen molar-refractivity contribution in [1.82, 2.24) is 0 Å². The molecule has 0 aliphatic heterocycles. The highest BCUT2D eigenvalue weighted by atomic mass is 32.2. The predicted octanol–water partition coefficient (Wildman–Crippen LogP) is 1.58. The van der Waals surface area contributed by atoms with Crippen LogP contribution in [-0.4, -0.2) is 33.9 Å². The molecule has 0 fully saturated rings. The molecule has 0 aromatic heterocycles. The first-order valence-electron chi connectivity index (χ1n) is 5.20. The van der Waals surface area contributed by atoms with Gasteiger partial charge in [0.15, 0.2) is 0 Å². The number of esters is 1. The van der Waals surface area contributed by atoms with Gasteiger partial charge in [-0.2, -0.15) is 8.42 Å². The Bertz CT molecular complexity index is 292. The lowest BCUT2D eigenvalue weighted by atomic mass is 9.95. The molecule has 0 aromatic rings. The summed E-state index contributed by atoms with van der Waals surface area (Å²) in [6.45, 7) is 8.88. The maximum absolute atomic E-state index is 11.3. The first-order valence-corrected chi connectivity index (χ1v) is 7.02. The Kier molecular flexibility index (Phi) is 8.46. The minimum absolute atomic E-state index is 0.204. The van der Waals surface area contributed by atoms with Crippen molar-refractivity contribution in [2.75, 3.05) is 19.5 Å². The molecule has 16 heavy (non-hydrogen) atoms. The minimum atomic E-state index is -3.51. The summed E-state index contributed by atoms with van der Waals surface area (Å²) < 4.78 is 30.7. The summed E-state index contributed by atoms with van der Waals surface area (Å²) in [5.74, 6) is -0.469. The van der Waals surface area contributed by atoms with Crippen LogP contribution >= 0.6 is 0 Å². The van der Waals surface area contributed by atoms with Gasteiger partial charge in [0.25, 0.3) is 10.1 Å². The fraction of sp³-hybridized carbons (Fsp3) is 0.900. The maximum atomic E-state index is 11.3. The second kappa shape index (κ2) is 7.62. The van der Waals surface area contributed by atoms with Gasteiger partial charge in [-0.25, -0.2) is 0 Å². The number of rotatable bonds is 5. The van der Waals surface area contributed by atoms with Gasteiger partial charge >= 0.3 is 5.97 Å². The monoisotopic (exact) mass is 254 g/mol. The Hall–Kier alpha value is -0.620. The fourth-order valence-corrected chi connectivity index (χ4v) is 1.15. The van der Waals surface area contributed by atoms with E-state index in [9.17, 15) is 13.2 Å². The Balaban J connectivity index is 0. The summed E-state index contributed by atoms with van der Waals surface area (Å²) >= 11 is 0. The molecule has 0 saturated heterocycles. The minimum Gasteiger partial charge on any atom is -0.466 e. The molecule has 0 unspecified atom stereocenters. The molecule has 6 heteroatoms. The number of carbonyl (C=O) groups excluding carboxylic acids is 1. The molecule has 0 aliphatic carbocycles. The van der Waals surface area contributed by atoms with Crippen LogP contribution in [0.25, 0.3) is 0 Å². The molecule has 0 aromatic carbocycles. The molecular weight excluding hydrogens is 232 g/mol. The fourth-order valence-electron chi connectivity index (χ4n) is 0.640. The van der Waals surface area contributed by atoms with Crippen LogP contribution in [0.5, 0.6) is 0 Å². The third kappa shape index (κ3) is 8.67. The van der Waals surface area contributed by atoms with E-state index < -0.39 is 21.5 Å². The van der Waals surface area contributed by atoms with Crippen molar-refractivity contribution < 1.29 is 22.1 Å². The van der Waals surface area contributed by atoms with E-state index in [0.29, 0.717) is 0 Å². The summed E-state index contributed by atoms with van der Waals surface area (Å²) in [4.78, 5) is 11.3. The lowest BCUT2D eigenvalue weighted by Crippen LogP contribution is -2.32. The van der Waals surface area contributed by atoms with E-state index in [1.807, 2.05) is 13.8 Å². The molecule has 0 bridgehead atoms. The van der Waals surface area contributed by atoms with Gasteiger partial charge in [-0.05, 0) is 20.8 Å². The Morgan fingerprint density at radius 2 is 1.69 bits per heavy atom. The van der Waals surface area contributed by atoms with Crippen LogP contribution in [0.2, 0.25) is 0 Å². The van der Waals surface area contributed by atoms with E-state index >= 15 is 0 Å². The van der Waals surface area contributed by atoms with Crippen LogP contribution in [0.3, 0.4) is 0 Å². The van der Waals surface area contributed by atoms with E-state index in [1.165, 1.54) is 0 Å². The number of ether oxygens (including phenoxy) is 1.